The van der Waals surface area contributed by atoms with E-state index in [0.29, 0.717) is 0 Å². The summed E-state index contributed by atoms with van der Waals surface area (Å²) in [6.45, 7) is 20.4. The molecule has 2 saturated heterocycles. The summed E-state index contributed by atoms with van der Waals surface area (Å²) in [5.41, 5.74) is 0. The van der Waals surface area contributed by atoms with Gasteiger partial charge < -0.3 is 24.3 Å². The lowest BCUT2D eigenvalue weighted by Gasteiger charge is -2.28. The third-order valence-corrected chi connectivity index (χ3v) is 3.92. The van der Waals surface area contributed by atoms with Crippen LogP contribution in [0.25, 0.3) is 0 Å². The molecule has 0 amide bonds. The molecular weight excluding hydrogens is 324 g/mol. The topological polar surface area (TPSA) is 22.2 Å². The molecule has 2 heterocycles. The summed E-state index contributed by atoms with van der Waals surface area (Å²) in [4.78, 5) is 9.20. The molecule has 0 aromatic rings. The van der Waals surface area contributed by atoms with E-state index in [0.717, 1.165) is 26.3 Å². The van der Waals surface area contributed by atoms with Gasteiger partial charge in [-0.2, -0.15) is 0 Å². The Labute approximate surface area is 166 Å². The summed E-state index contributed by atoms with van der Waals surface area (Å²) >= 11 is 0. The molecule has 2 aliphatic heterocycles. The molecule has 2 rings (SSSR count). The zero-order valence-electron chi connectivity index (χ0n) is 20.0. The lowest BCUT2D eigenvalue weighted by molar-refractivity contribution is 0.0503. The summed E-state index contributed by atoms with van der Waals surface area (Å²) in [5, 5.41) is 0. The standard InChI is InChI=1S/C6H14N2.C6H15N.C5H11NO.2C2H6/c1-7-3-5-8(2)6-4-7;1-4-5-6-7(2)3;1-6-2-4-7-5-3-6;2*1-2/h3-6H2,1-2H3;4-6H2,1-3H3;2-5H2,1H3;2*1-2H3. The molecule has 2 fully saturated rings. The number of likely N-dealkylation sites (N-methyl/N-ethyl adjacent to an activating group) is 3. The van der Waals surface area contributed by atoms with Gasteiger partial charge in [-0.25, -0.2) is 0 Å². The molecule has 0 bridgehead atoms. The number of nitrogens with zero attached hydrogens (tertiary/aromatic N) is 4. The second-order valence-electron chi connectivity index (χ2n) is 6.68. The van der Waals surface area contributed by atoms with Crippen LogP contribution in [-0.2, 0) is 4.74 Å². The summed E-state index contributed by atoms with van der Waals surface area (Å²) in [6, 6.07) is 0. The van der Waals surface area contributed by atoms with E-state index >= 15 is 0 Å². The molecule has 5 nitrogen and oxygen atoms in total. The maximum Gasteiger partial charge on any atom is 0.0594 e. The predicted octanol–water partition coefficient (Wildman–Crippen LogP) is 3.21. The first-order valence-corrected chi connectivity index (χ1v) is 10.7. The van der Waals surface area contributed by atoms with E-state index < -0.39 is 0 Å². The molecule has 2 aliphatic rings. The van der Waals surface area contributed by atoms with Crippen LogP contribution in [0.15, 0.2) is 0 Å². The Balaban J connectivity index is -0.000000279. The van der Waals surface area contributed by atoms with Crippen molar-refractivity contribution < 1.29 is 4.74 Å². The van der Waals surface area contributed by atoms with E-state index in [-0.39, 0.29) is 0 Å². The Morgan fingerprint density at radius 2 is 1.04 bits per heavy atom. The van der Waals surface area contributed by atoms with Crippen molar-refractivity contribution in [3.63, 3.8) is 0 Å². The van der Waals surface area contributed by atoms with Crippen LogP contribution < -0.4 is 0 Å². The molecule has 162 valence electrons. The molecular formula is C21H52N4O. The lowest BCUT2D eigenvalue weighted by atomic mass is 10.3. The highest BCUT2D eigenvalue weighted by Gasteiger charge is 2.07. The molecule has 0 aromatic carbocycles. The maximum atomic E-state index is 5.10. The van der Waals surface area contributed by atoms with Crippen molar-refractivity contribution in [1.82, 2.24) is 19.6 Å². The van der Waals surface area contributed by atoms with Crippen molar-refractivity contribution in [2.75, 3.05) is 94.3 Å². The molecule has 5 heteroatoms. The molecule has 0 spiro atoms. The molecule has 0 aromatic heterocycles. The van der Waals surface area contributed by atoms with Crippen LogP contribution >= 0.6 is 0 Å². The molecule has 0 radical (unpaired) electrons. The monoisotopic (exact) mass is 376 g/mol. The first-order chi connectivity index (χ1) is 12.5. The average molecular weight is 377 g/mol. The molecule has 0 aliphatic carbocycles. The minimum Gasteiger partial charge on any atom is -0.379 e. The number of hydrogen-bond acceptors (Lipinski definition) is 5. The zero-order valence-corrected chi connectivity index (χ0v) is 20.0. The van der Waals surface area contributed by atoms with Crippen LogP contribution in [0.3, 0.4) is 0 Å². The van der Waals surface area contributed by atoms with E-state index in [1.54, 1.807) is 0 Å². The third kappa shape index (κ3) is 26.0. The van der Waals surface area contributed by atoms with Gasteiger partial charge in [0.1, 0.15) is 0 Å². The highest BCUT2D eigenvalue weighted by Crippen LogP contribution is 1.93. The van der Waals surface area contributed by atoms with E-state index in [4.69, 9.17) is 4.74 Å². The number of hydrogen-bond donors (Lipinski definition) is 0. The largest absolute Gasteiger partial charge is 0.379 e. The van der Waals surface area contributed by atoms with Gasteiger partial charge in [0.15, 0.2) is 0 Å². The van der Waals surface area contributed by atoms with Gasteiger partial charge in [0.25, 0.3) is 0 Å². The summed E-state index contributed by atoms with van der Waals surface area (Å²) < 4.78 is 5.10. The number of rotatable bonds is 3. The molecule has 0 saturated carbocycles. The second-order valence-corrected chi connectivity index (χ2v) is 6.68. The van der Waals surface area contributed by atoms with Gasteiger partial charge in [-0.15, -0.1) is 0 Å². The Morgan fingerprint density at radius 1 is 0.692 bits per heavy atom. The Morgan fingerprint density at radius 3 is 1.23 bits per heavy atom. The Hall–Kier alpha value is -0.200. The van der Waals surface area contributed by atoms with E-state index in [9.17, 15) is 0 Å². The van der Waals surface area contributed by atoms with Crippen molar-refractivity contribution in [2.24, 2.45) is 0 Å². The number of ether oxygens (including phenoxy) is 1. The third-order valence-electron chi connectivity index (χ3n) is 3.92. The number of unbranched alkanes of at least 4 members (excludes halogenated alkanes) is 1. The van der Waals surface area contributed by atoms with Crippen molar-refractivity contribution in [3.05, 3.63) is 0 Å². The SMILES string of the molecule is CC.CC.CCCCN(C)C.CN1CCN(C)CC1.CN1CCOCC1. The van der Waals surface area contributed by atoms with Crippen LogP contribution in [0.4, 0.5) is 0 Å². The van der Waals surface area contributed by atoms with Crippen LogP contribution in [0.5, 0.6) is 0 Å². The second kappa shape index (κ2) is 24.8. The summed E-state index contributed by atoms with van der Waals surface area (Å²) in [5.74, 6) is 0. The fourth-order valence-corrected chi connectivity index (χ4v) is 2.04. The highest BCUT2D eigenvalue weighted by molar-refractivity contribution is 4.64. The Kier molecular flexibility index (Phi) is 29.1. The van der Waals surface area contributed by atoms with E-state index in [1.165, 1.54) is 45.6 Å². The van der Waals surface area contributed by atoms with E-state index in [1.807, 2.05) is 27.7 Å². The highest BCUT2D eigenvalue weighted by atomic mass is 16.5. The van der Waals surface area contributed by atoms with Gasteiger partial charge in [-0.05, 0) is 48.2 Å². The molecule has 0 N–H and O–H groups in total. The molecule has 0 unspecified atom stereocenters. The van der Waals surface area contributed by atoms with E-state index in [2.05, 4.69) is 61.8 Å². The van der Waals surface area contributed by atoms with Crippen LogP contribution in [0, 0.1) is 0 Å². The fraction of sp³-hybridized carbons (Fsp3) is 1.00. The van der Waals surface area contributed by atoms with Gasteiger partial charge in [-0.1, -0.05) is 41.0 Å². The van der Waals surface area contributed by atoms with Crippen molar-refractivity contribution >= 4 is 0 Å². The maximum absolute atomic E-state index is 5.10. The predicted molar refractivity (Wildman–Crippen MR) is 119 cm³/mol. The van der Waals surface area contributed by atoms with Crippen molar-refractivity contribution in [2.45, 2.75) is 47.5 Å². The minimum absolute atomic E-state index is 0.913. The van der Waals surface area contributed by atoms with Gasteiger partial charge in [-0.3, -0.25) is 0 Å². The zero-order chi connectivity index (χ0) is 20.8. The lowest BCUT2D eigenvalue weighted by Crippen LogP contribution is -2.42. The average Bonchev–Trinajstić information content (AvgIpc) is 2.67. The normalized spacial score (nSPS) is 18.1. The molecule has 0 atom stereocenters. The van der Waals surface area contributed by atoms with Crippen LogP contribution in [0.2, 0.25) is 0 Å². The minimum atomic E-state index is 0.913. The first kappa shape index (κ1) is 30.5. The first-order valence-electron chi connectivity index (χ1n) is 10.7. The number of morpholine rings is 1. The van der Waals surface area contributed by atoms with Crippen LogP contribution in [0.1, 0.15) is 47.5 Å². The number of piperazine rings is 1. The van der Waals surface area contributed by atoms with Gasteiger partial charge in [0.05, 0.1) is 13.2 Å². The Bertz CT molecular complexity index is 216. The quantitative estimate of drug-likeness (QED) is 0.752. The fourth-order valence-electron chi connectivity index (χ4n) is 2.04. The summed E-state index contributed by atoms with van der Waals surface area (Å²) in [6.07, 6.45) is 2.63. The van der Waals surface area contributed by atoms with Gasteiger partial charge in [0, 0.05) is 39.3 Å². The van der Waals surface area contributed by atoms with Crippen LogP contribution in [-0.4, -0.2) is 114 Å². The summed E-state index contributed by atoms with van der Waals surface area (Å²) in [7, 11) is 10.7. The van der Waals surface area contributed by atoms with Gasteiger partial charge in [0.2, 0.25) is 0 Å². The van der Waals surface area contributed by atoms with Crippen molar-refractivity contribution in [1.29, 1.82) is 0 Å². The van der Waals surface area contributed by atoms with Gasteiger partial charge >= 0.3 is 0 Å². The molecule has 26 heavy (non-hydrogen) atoms. The van der Waals surface area contributed by atoms with Crippen molar-refractivity contribution in [3.8, 4) is 0 Å². The smallest absolute Gasteiger partial charge is 0.0594 e.